The lowest BCUT2D eigenvalue weighted by Crippen LogP contribution is -2.21. The molecule has 0 heterocycles. The highest BCUT2D eigenvalue weighted by atomic mass is 16.6. The van der Waals surface area contributed by atoms with E-state index in [0.717, 1.165) is 13.0 Å². The van der Waals surface area contributed by atoms with Gasteiger partial charge in [-0.05, 0) is 19.3 Å². The fourth-order valence-electron chi connectivity index (χ4n) is 0.991. The number of rotatable bonds is 7. The van der Waals surface area contributed by atoms with Crippen LogP contribution in [0.1, 0.15) is 40.5 Å². The average molecular weight is 202 g/mol. The summed E-state index contributed by atoms with van der Waals surface area (Å²) in [5.74, 6) is 0.390. The van der Waals surface area contributed by atoms with Crippen LogP contribution in [-0.4, -0.2) is 25.3 Å². The third-order valence-corrected chi connectivity index (χ3v) is 1.59. The first kappa shape index (κ1) is 13.4. The summed E-state index contributed by atoms with van der Waals surface area (Å²) in [6.45, 7) is 9.21. The number of hydrogen-bond donors (Lipinski definition) is 0. The molecule has 3 heteroatoms. The van der Waals surface area contributed by atoms with Crippen molar-refractivity contribution in [2.24, 2.45) is 5.92 Å². The van der Waals surface area contributed by atoms with Gasteiger partial charge >= 0.3 is 5.97 Å². The zero-order valence-corrected chi connectivity index (χ0v) is 9.71. The van der Waals surface area contributed by atoms with E-state index in [4.69, 9.17) is 9.47 Å². The molecule has 3 nitrogen and oxygen atoms in total. The molecule has 0 N–H and O–H groups in total. The number of hydrogen-bond acceptors (Lipinski definition) is 3. The van der Waals surface area contributed by atoms with Crippen molar-refractivity contribution in [3.05, 3.63) is 0 Å². The Morgan fingerprint density at radius 2 is 1.86 bits per heavy atom. The lowest BCUT2D eigenvalue weighted by Gasteiger charge is -2.14. The van der Waals surface area contributed by atoms with Crippen LogP contribution in [0.2, 0.25) is 0 Å². The van der Waals surface area contributed by atoms with Crippen molar-refractivity contribution in [1.82, 2.24) is 0 Å². The van der Waals surface area contributed by atoms with Crippen molar-refractivity contribution in [2.75, 3.05) is 13.2 Å². The van der Waals surface area contributed by atoms with E-state index in [0.29, 0.717) is 18.9 Å². The minimum absolute atomic E-state index is 0.131. The van der Waals surface area contributed by atoms with Crippen LogP contribution in [0, 0.1) is 5.92 Å². The van der Waals surface area contributed by atoms with Gasteiger partial charge in [0.1, 0.15) is 6.10 Å². The van der Waals surface area contributed by atoms with Gasteiger partial charge in [-0.1, -0.05) is 20.8 Å². The number of ether oxygens (including phenoxy) is 2. The van der Waals surface area contributed by atoms with E-state index in [1.165, 1.54) is 0 Å². The first-order valence-corrected chi connectivity index (χ1v) is 5.33. The second kappa shape index (κ2) is 7.80. The lowest BCUT2D eigenvalue weighted by molar-refractivity contribution is -0.151. The van der Waals surface area contributed by atoms with Gasteiger partial charge in [0.05, 0.1) is 6.61 Å². The SMILES string of the molecule is CCCC(=O)OC(C)COCC(C)C. The van der Waals surface area contributed by atoms with Crippen LogP contribution >= 0.6 is 0 Å². The minimum atomic E-state index is -0.132. The van der Waals surface area contributed by atoms with Crippen LogP contribution in [0.15, 0.2) is 0 Å². The molecule has 1 unspecified atom stereocenters. The first-order chi connectivity index (χ1) is 6.56. The van der Waals surface area contributed by atoms with Crippen molar-refractivity contribution in [2.45, 2.75) is 46.6 Å². The minimum Gasteiger partial charge on any atom is -0.460 e. The molecule has 0 aromatic rings. The van der Waals surface area contributed by atoms with Gasteiger partial charge in [0, 0.05) is 13.0 Å². The molecular formula is C11H22O3. The van der Waals surface area contributed by atoms with Gasteiger partial charge in [0.25, 0.3) is 0 Å². The molecule has 14 heavy (non-hydrogen) atoms. The van der Waals surface area contributed by atoms with E-state index < -0.39 is 0 Å². The highest BCUT2D eigenvalue weighted by molar-refractivity contribution is 5.69. The highest BCUT2D eigenvalue weighted by Gasteiger charge is 2.08. The summed E-state index contributed by atoms with van der Waals surface area (Å²) in [6.07, 6.45) is 1.19. The van der Waals surface area contributed by atoms with Crippen LogP contribution in [0.5, 0.6) is 0 Å². The normalized spacial score (nSPS) is 12.9. The molecule has 0 rings (SSSR count). The number of carbonyl (C=O) groups is 1. The molecule has 84 valence electrons. The van der Waals surface area contributed by atoms with Crippen LogP contribution < -0.4 is 0 Å². The lowest BCUT2D eigenvalue weighted by atomic mass is 10.2. The van der Waals surface area contributed by atoms with Crippen LogP contribution in [0.25, 0.3) is 0 Å². The molecule has 0 spiro atoms. The molecule has 0 aromatic heterocycles. The van der Waals surface area contributed by atoms with Gasteiger partial charge in [0.15, 0.2) is 0 Å². The van der Waals surface area contributed by atoms with E-state index >= 15 is 0 Å². The van der Waals surface area contributed by atoms with Gasteiger partial charge in [-0.15, -0.1) is 0 Å². The fraction of sp³-hybridized carbons (Fsp3) is 0.909. The summed E-state index contributed by atoms with van der Waals surface area (Å²) < 4.78 is 10.5. The van der Waals surface area contributed by atoms with Gasteiger partial charge in [-0.2, -0.15) is 0 Å². The molecular weight excluding hydrogens is 180 g/mol. The molecule has 0 saturated heterocycles. The van der Waals surface area contributed by atoms with Crippen molar-refractivity contribution >= 4 is 5.97 Å². The van der Waals surface area contributed by atoms with Crippen LogP contribution in [0.4, 0.5) is 0 Å². The van der Waals surface area contributed by atoms with Crippen LogP contribution in [-0.2, 0) is 14.3 Å². The largest absolute Gasteiger partial charge is 0.460 e. The Hall–Kier alpha value is -0.570. The summed E-state index contributed by atoms with van der Waals surface area (Å²) in [4.78, 5) is 11.1. The maximum absolute atomic E-state index is 11.1. The predicted molar refractivity (Wildman–Crippen MR) is 56.1 cm³/mol. The van der Waals surface area contributed by atoms with Gasteiger partial charge in [-0.25, -0.2) is 0 Å². The second-order valence-corrected chi connectivity index (χ2v) is 3.98. The zero-order chi connectivity index (χ0) is 11.0. The third-order valence-electron chi connectivity index (χ3n) is 1.59. The van der Waals surface area contributed by atoms with Crippen molar-refractivity contribution < 1.29 is 14.3 Å². The molecule has 0 aromatic carbocycles. The number of carbonyl (C=O) groups excluding carboxylic acids is 1. The Morgan fingerprint density at radius 3 is 2.36 bits per heavy atom. The average Bonchev–Trinajstić information content (AvgIpc) is 2.03. The Labute approximate surface area is 86.8 Å². The van der Waals surface area contributed by atoms with Gasteiger partial charge < -0.3 is 9.47 Å². The Bertz CT molecular complexity index is 155. The molecule has 0 saturated carbocycles. The summed E-state index contributed by atoms with van der Waals surface area (Å²) in [6, 6.07) is 0. The van der Waals surface area contributed by atoms with Crippen LogP contribution in [0.3, 0.4) is 0 Å². The maximum Gasteiger partial charge on any atom is 0.306 e. The Kier molecular flexibility index (Phi) is 7.48. The van der Waals surface area contributed by atoms with E-state index in [1.54, 1.807) is 0 Å². The monoisotopic (exact) mass is 202 g/mol. The molecule has 0 radical (unpaired) electrons. The zero-order valence-electron chi connectivity index (χ0n) is 9.71. The Morgan fingerprint density at radius 1 is 1.21 bits per heavy atom. The second-order valence-electron chi connectivity index (χ2n) is 3.98. The van der Waals surface area contributed by atoms with E-state index in [9.17, 15) is 4.79 Å². The van der Waals surface area contributed by atoms with E-state index in [-0.39, 0.29) is 12.1 Å². The quantitative estimate of drug-likeness (QED) is 0.595. The summed E-state index contributed by atoms with van der Waals surface area (Å²) in [7, 11) is 0. The molecule has 0 aliphatic carbocycles. The van der Waals surface area contributed by atoms with Gasteiger partial charge in [-0.3, -0.25) is 4.79 Å². The summed E-state index contributed by atoms with van der Waals surface area (Å²) in [5.41, 5.74) is 0. The predicted octanol–water partition coefficient (Wildman–Crippen LogP) is 2.39. The van der Waals surface area contributed by atoms with Crippen molar-refractivity contribution in [3.63, 3.8) is 0 Å². The standard InChI is InChI=1S/C11H22O3/c1-5-6-11(12)14-10(4)8-13-7-9(2)3/h9-10H,5-8H2,1-4H3. The molecule has 0 amide bonds. The third kappa shape index (κ3) is 8.05. The molecule has 0 aliphatic heterocycles. The Balaban J connectivity index is 3.44. The summed E-state index contributed by atoms with van der Waals surface area (Å²) >= 11 is 0. The van der Waals surface area contributed by atoms with Crippen molar-refractivity contribution in [1.29, 1.82) is 0 Å². The number of esters is 1. The smallest absolute Gasteiger partial charge is 0.306 e. The topological polar surface area (TPSA) is 35.5 Å². The van der Waals surface area contributed by atoms with Crippen molar-refractivity contribution in [3.8, 4) is 0 Å². The molecule has 0 fully saturated rings. The van der Waals surface area contributed by atoms with E-state index in [1.807, 2.05) is 13.8 Å². The highest BCUT2D eigenvalue weighted by Crippen LogP contribution is 1.99. The first-order valence-electron chi connectivity index (χ1n) is 5.33. The van der Waals surface area contributed by atoms with E-state index in [2.05, 4.69) is 13.8 Å². The molecule has 0 aliphatic rings. The maximum atomic E-state index is 11.1. The summed E-state index contributed by atoms with van der Waals surface area (Å²) in [5, 5.41) is 0. The fourth-order valence-corrected chi connectivity index (χ4v) is 0.991. The van der Waals surface area contributed by atoms with Gasteiger partial charge in [0.2, 0.25) is 0 Å². The molecule has 0 bridgehead atoms. The molecule has 1 atom stereocenters.